The van der Waals surface area contributed by atoms with Crippen molar-refractivity contribution in [1.29, 1.82) is 0 Å². The molecule has 1 N–H and O–H groups in total. The lowest BCUT2D eigenvalue weighted by Crippen LogP contribution is -2.46. The third-order valence-corrected chi connectivity index (χ3v) is 4.35. The second-order valence-corrected chi connectivity index (χ2v) is 6.06. The number of carbonyl (C=O) groups is 3. The first-order valence-corrected chi connectivity index (χ1v) is 8.46. The molecule has 0 spiro atoms. The van der Waals surface area contributed by atoms with Gasteiger partial charge in [-0.05, 0) is 18.1 Å². The number of esters is 1. The number of rotatable bonds is 6. The summed E-state index contributed by atoms with van der Waals surface area (Å²) in [5.41, 5.74) is 0.336. The zero-order chi connectivity index (χ0) is 18.6. The molecule has 0 aliphatic carbocycles. The molecule has 0 aromatic heterocycles. The van der Waals surface area contributed by atoms with Gasteiger partial charge in [-0.15, -0.1) is 0 Å². The molecule has 26 heavy (non-hydrogen) atoms. The molecular weight excluding hydrogens is 332 g/mol. The average Bonchev–Trinajstić information content (AvgIpc) is 2.89. The number of nitrogens with one attached hydrogen (secondary N) is 1. The van der Waals surface area contributed by atoms with E-state index in [-0.39, 0.29) is 6.61 Å². The van der Waals surface area contributed by atoms with Gasteiger partial charge in [-0.3, -0.25) is 14.5 Å². The quantitative estimate of drug-likeness (QED) is 0.639. The Labute approximate surface area is 151 Å². The highest BCUT2D eigenvalue weighted by Crippen LogP contribution is 2.32. The Bertz CT molecular complexity index is 807. The molecular formula is C20H20N2O4. The van der Waals surface area contributed by atoms with Crippen molar-refractivity contribution >= 4 is 17.9 Å². The second kappa shape index (κ2) is 7.39. The molecule has 0 radical (unpaired) electrons. The zero-order valence-corrected chi connectivity index (χ0v) is 14.5. The van der Waals surface area contributed by atoms with Crippen molar-refractivity contribution in [2.24, 2.45) is 0 Å². The minimum Gasteiger partial charge on any atom is -0.465 e. The number of nitrogens with zero attached hydrogens (tertiary/aromatic N) is 1. The number of benzene rings is 2. The highest BCUT2D eigenvalue weighted by Gasteiger charge is 2.52. The summed E-state index contributed by atoms with van der Waals surface area (Å²) in [6.45, 7) is 1.46. The van der Waals surface area contributed by atoms with Gasteiger partial charge in [0.15, 0.2) is 5.54 Å². The molecule has 1 saturated heterocycles. The van der Waals surface area contributed by atoms with Crippen LogP contribution in [-0.4, -0.2) is 36.0 Å². The molecule has 1 aliphatic heterocycles. The highest BCUT2D eigenvalue weighted by atomic mass is 16.5. The van der Waals surface area contributed by atoms with E-state index in [2.05, 4.69) is 5.32 Å². The largest absolute Gasteiger partial charge is 0.465 e. The molecule has 2 aromatic rings. The molecule has 6 nitrogen and oxygen atoms in total. The first-order chi connectivity index (χ1) is 12.6. The van der Waals surface area contributed by atoms with Crippen molar-refractivity contribution in [3.8, 4) is 0 Å². The van der Waals surface area contributed by atoms with Crippen LogP contribution in [0.1, 0.15) is 18.1 Å². The van der Waals surface area contributed by atoms with Gasteiger partial charge in [0.1, 0.15) is 6.54 Å². The van der Waals surface area contributed by atoms with Crippen LogP contribution in [-0.2, 0) is 26.3 Å². The van der Waals surface area contributed by atoms with Crippen LogP contribution in [0.25, 0.3) is 0 Å². The Kier molecular flexibility index (Phi) is 5.02. The van der Waals surface area contributed by atoms with Gasteiger partial charge in [0.25, 0.3) is 5.91 Å². The van der Waals surface area contributed by atoms with Crippen molar-refractivity contribution in [2.75, 3.05) is 13.2 Å². The molecule has 3 rings (SSSR count). The number of urea groups is 1. The lowest BCUT2D eigenvalue weighted by molar-refractivity contribution is -0.147. The molecule has 1 heterocycles. The summed E-state index contributed by atoms with van der Waals surface area (Å²) < 4.78 is 4.88. The SMILES string of the molecule is CCOC(=O)CN1C(=O)NC(Cc2ccccc2)(c2ccccc2)C1=O. The minimum absolute atomic E-state index is 0.191. The van der Waals surface area contributed by atoms with Gasteiger partial charge in [0.2, 0.25) is 0 Å². The standard InChI is InChI=1S/C20H20N2O4/c1-2-26-17(23)14-22-18(24)20(21-19(22)25,16-11-7-4-8-12-16)13-15-9-5-3-6-10-15/h3-12H,2,13-14H2,1H3,(H,21,25). The monoisotopic (exact) mass is 352 g/mol. The van der Waals surface area contributed by atoms with Gasteiger partial charge in [0, 0.05) is 6.42 Å². The summed E-state index contributed by atoms with van der Waals surface area (Å²) in [6, 6.07) is 17.9. The summed E-state index contributed by atoms with van der Waals surface area (Å²) in [4.78, 5) is 38.4. The van der Waals surface area contributed by atoms with E-state index in [1.807, 2.05) is 48.5 Å². The molecule has 0 saturated carbocycles. The van der Waals surface area contributed by atoms with Crippen molar-refractivity contribution in [1.82, 2.24) is 10.2 Å². The first-order valence-electron chi connectivity index (χ1n) is 8.46. The van der Waals surface area contributed by atoms with Gasteiger partial charge < -0.3 is 10.1 Å². The van der Waals surface area contributed by atoms with E-state index in [0.29, 0.717) is 12.0 Å². The maximum absolute atomic E-state index is 13.2. The van der Waals surface area contributed by atoms with Crippen LogP contribution in [0.3, 0.4) is 0 Å². The second-order valence-electron chi connectivity index (χ2n) is 6.06. The molecule has 1 atom stereocenters. The Morgan fingerprint density at radius 1 is 1.04 bits per heavy atom. The van der Waals surface area contributed by atoms with E-state index in [1.54, 1.807) is 19.1 Å². The highest BCUT2D eigenvalue weighted by molar-refractivity contribution is 6.09. The summed E-state index contributed by atoms with van der Waals surface area (Å²) in [5, 5.41) is 2.81. The summed E-state index contributed by atoms with van der Waals surface area (Å²) in [7, 11) is 0. The minimum atomic E-state index is -1.24. The van der Waals surface area contributed by atoms with Crippen LogP contribution < -0.4 is 5.32 Å². The van der Waals surface area contributed by atoms with E-state index in [4.69, 9.17) is 4.74 Å². The number of imide groups is 1. The van der Waals surface area contributed by atoms with E-state index in [1.165, 1.54) is 0 Å². The summed E-state index contributed by atoms with van der Waals surface area (Å²) >= 11 is 0. The van der Waals surface area contributed by atoms with Crippen LogP contribution in [0.4, 0.5) is 4.79 Å². The van der Waals surface area contributed by atoms with Crippen LogP contribution in [0, 0.1) is 0 Å². The Balaban J connectivity index is 1.98. The summed E-state index contributed by atoms with van der Waals surface area (Å²) in [6.07, 6.45) is 0.293. The van der Waals surface area contributed by atoms with Crippen LogP contribution in [0.2, 0.25) is 0 Å². The number of hydrogen-bond acceptors (Lipinski definition) is 4. The molecule has 134 valence electrons. The van der Waals surface area contributed by atoms with Gasteiger partial charge in [0.05, 0.1) is 6.61 Å². The Hall–Kier alpha value is -3.15. The third kappa shape index (κ3) is 3.31. The van der Waals surface area contributed by atoms with Crippen LogP contribution in [0.5, 0.6) is 0 Å². The van der Waals surface area contributed by atoms with Crippen molar-refractivity contribution < 1.29 is 19.1 Å². The predicted molar refractivity (Wildman–Crippen MR) is 95.1 cm³/mol. The lowest BCUT2D eigenvalue weighted by atomic mass is 9.83. The smallest absolute Gasteiger partial charge is 0.326 e. The van der Waals surface area contributed by atoms with E-state index >= 15 is 0 Å². The molecule has 3 amide bonds. The number of hydrogen-bond donors (Lipinski definition) is 1. The third-order valence-electron chi connectivity index (χ3n) is 4.35. The molecule has 1 fully saturated rings. The Morgan fingerprint density at radius 2 is 1.65 bits per heavy atom. The first kappa shape index (κ1) is 17.7. The van der Waals surface area contributed by atoms with E-state index < -0.39 is 30.0 Å². The molecule has 1 aliphatic rings. The van der Waals surface area contributed by atoms with E-state index in [0.717, 1.165) is 10.5 Å². The fraction of sp³-hybridized carbons (Fsp3) is 0.250. The maximum Gasteiger partial charge on any atom is 0.326 e. The topological polar surface area (TPSA) is 75.7 Å². The van der Waals surface area contributed by atoms with Crippen LogP contribution in [0.15, 0.2) is 60.7 Å². The number of carbonyl (C=O) groups excluding carboxylic acids is 3. The molecule has 0 bridgehead atoms. The van der Waals surface area contributed by atoms with E-state index in [9.17, 15) is 14.4 Å². The van der Waals surface area contributed by atoms with Gasteiger partial charge in [-0.25, -0.2) is 4.79 Å². The summed E-state index contributed by atoms with van der Waals surface area (Å²) in [5.74, 6) is -1.06. The number of amides is 3. The van der Waals surface area contributed by atoms with Crippen molar-refractivity contribution in [3.05, 3.63) is 71.8 Å². The maximum atomic E-state index is 13.2. The average molecular weight is 352 g/mol. The van der Waals surface area contributed by atoms with Crippen molar-refractivity contribution in [2.45, 2.75) is 18.9 Å². The zero-order valence-electron chi connectivity index (χ0n) is 14.5. The fourth-order valence-electron chi connectivity index (χ4n) is 3.15. The lowest BCUT2D eigenvalue weighted by Gasteiger charge is -2.27. The molecule has 2 aromatic carbocycles. The Morgan fingerprint density at radius 3 is 2.27 bits per heavy atom. The molecule has 1 unspecified atom stereocenters. The molecule has 6 heteroatoms. The van der Waals surface area contributed by atoms with Crippen LogP contribution >= 0.6 is 0 Å². The predicted octanol–water partition coefficient (Wildman–Crippen LogP) is 2.24. The van der Waals surface area contributed by atoms with Gasteiger partial charge in [-0.1, -0.05) is 60.7 Å². The normalized spacial score (nSPS) is 19.3. The fourth-order valence-corrected chi connectivity index (χ4v) is 3.15. The van der Waals surface area contributed by atoms with Crippen molar-refractivity contribution in [3.63, 3.8) is 0 Å². The number of ether oxygens (including phenoxy) is 1. The van der Waals surface area contributed by atoms with Gasteiger partial charge >= 0.3 is 12.0 Å². The van der Waals surface area contributed by atoms with Gasteiger partial charge in [-0.2, -0.15) is 0 Å².